The van der Waals surface area contributed by atoms with Gasteiger partial charge in [-0.3, -0.25) is 19.4 Å². The number of carbonyl (C=O) groups excluding carboxylic acids is 1. The van der Waals surface area contributed by atoms with Crippen molar-refractivity contribution in [3.8, 4) is 0 Å². The smallest absolute Gasteiger partial charge is 0.354 e. The molecule has 0 radical (unpaired) electrons. The molecule has 0 aliphatic heterocycles. The first kappa shape index (κ1) is 21.7. The Morgan fingerprint density at radius 2 is 2.00 bits per heavy atom. The van der Waals surface area contributed by atoms with Crippen LogP contribution in [-0.4, -0.2) is 37.9 Å². The van der Waals surface area contributed by atoms with Gasteiger partial charge in [0.25, 0.3) is 0 Å². The van der Waals surface area contributed by atoms with Crippen LogP contribution in [0, 0.1) is 6.92 Å². The van der Waals surface area contributed by atoms with Gasteiger partial charge < -0.3 is 5.32 Å². The van der Waals surface area contributed by atoms with Crippen LogP contribution in [0.5, 0.6) is 0 Å². The van der Waals surface area contributed by atoms with Crippen molar-refractivity contribution in [2.75, 3.05) is 0 Å². The van der Waals surface area contributed by atoms with Crippen LogP contribution >= 0.6 is 0 Å². The normalized spacial score (nSPS) is 12.0. The number of alkyl halides is 3. The van der Waals surface area contributed by atoms with Crippen LogP contribution in [-0.2, 0) is 24.2 Å². The summed E-state index contributed by atoms with van der Waals surface area (Å²) in [5.74, 6) is -0.105. The van der Waals surface area contributed by atoms with E-state index >= 15 is 0 Å². The second-order valence-corrected chi connectivity index (χ2v) is 7.64. The Bertz CT molecular complexity index is 1040. The monoisotopic (exact) mass is 419 g/mol. The maximum atomic E-state index is 12.4. The summed E-state index contributed by atoms with van der Waals surface area (Å²) in [6.45, 7) is 5.97. The summed E-state index contributed by atoms with van der Waals surface area (Å²) in [6, 6.07) is 3.66. The molecule has 0 atom stereocenters. The van der Waals surface area contributed by atoms with Gasteiger partial charge >= 0.3 is 6.18 Å². The Morgan fingerprint density at radius 1 is 1.23 bits per heavy atom. The summed E-state index contributed by atoms with van der Waals surface area (Å²) in [7, 11) is 0. The molecule has 0 bridgehead atoms. The summed E-state index contributed by atoms with van der Waals surface area (Å²) in [4.78, 5) is 20.6. The number of pyridine rings is 2. The maximum Gasteiger partial charge on any atom is 0.389 e. The van der Waals surface area contributed by atoms with Gasteiger partial charge in [0, 0.05) is 42.1 Å². The third-order valence-corrected chi connectivity index (χ3v) is 4.57. The average molecular weight is 419 g/mol. The lowest BCUT2D eigenvalue weighted by Crippen LogP contribution is -2.31. The Balaban J connectivity index is 1.75. The van der Waals surface area contributed by atoms with E-state index in [9.17, 15) is 18.0 Å². The molecule has 3 rings (SSSR count). The summed E-state index contributed by atoms with van der Waals surface area (Å²) >= 11 is 0. The fourth-order valence-corrected chi connectivity index (χ4v) is 3.25. The van der Waals surface area contributed by atoms with Gasteiger partial charge in [0.05, 0.1) is 24.2 Å². The number of hydrogen-bond donors (Lipinski definition) is 1. The number of hydrogen-bond acceptors (Lipinski definition) is 4. The van der Waals surface area contributed by atoms with E-state index in [2.05, 4.69) is 20.4 Å². The fraction of sp³-hybridized carbons (Fsp3) is 0.429. The molecule has 3 aromatic heterocycles. The molecule has 0 fully saturated rings. The molecule has 3 heterocycles. The number of halogens is 3. The second kappa shape index (κ2) is 8.81. The zero-order chi connectivity index (χ0) is 21.9. The molecule has 9 heteroatoms. The van der Waals surface area contributed by atoms with E-state index in [-0.39, 0.29) is 24.8 Å². The standard InChI is InChI=1S/C21H24F3N5O/c1-13(2)27-20(30)9-19-16-12-29(28-18(16)5-7-25-19)11-15-8-14(3)17(26-10-15)4-6-21(22,23)24/h5,7-8,10,12-13H,4,6,9,11H2,1-3H3,(H,27,30). The average Bonchev–Trinajstić information content (AvgIpc) is 3.03. The molecule has 0 spiro atoms. The highest BCUT2D eigenvalue weighted by Crippen LogP contribution is 2.23. The predicted molar refractivity (Wildman–Crippen MR) is 107 cm³/mol. The molecule has 0 aliphatic rings. The molecule has 0 aliphatic carbocycles. The van der Waals surface area contributed by atoms with Crippen LogP contribution in [0.2, 0.25) is 0 Å². The minimum absolute atomic E-state index is 0.0502. The highest BCUT2D eigenvalue weighted by atomic mass is 19.4. The molecule has 0 saturated carbocycles. The van der Waals surface area contributed by atoms with Gasteiger partial charge in [-0.05, 0) is 44.4 Å². The maximum absolute atomic E-state index is 12.4. The van der Waals surface area contributed by atoms with Crippen molar-refractivity contribution < 1.29 is 18.0 Å². The molecular weight excluding hydrogens is 395 g/mol. The van der Waals surface area contributed by atoms with E-state index in [0.717, 1.165) is 22.0 Å². The Labute approximate surface area is 172 Å². The third kappa shape index (κ3) is 5.77. The van der Waals surface area contributed by atoms with Crippen molar-refractivity contribution in [3.63, 3.8) is 0 Å². The summed E-state index contributed by atoms with van der Waals surface area (Å²) in [5.41, 5.74) is 3.38. The van der Waals surface area contributed by atoms with Crippen LogP contribution in [0.1, 0.15) is 42.8 Å². The first-order chi connectivity index (χ1) is 14.1. The van der Waals surface area contributed by atoms with Crippen LogP contribution in [0.4, 0.5) is 13.2 Å². The Hall–Kier alpha value is -2.97. The number of aryl methyl sites for hydroxylation is 2. The van der Waals surface area contributed by atoms with Gasteiger partial charge in [0.15, 0.2) is 0 Å². The van der Waals surface area contributed by atoms with Crippen LogP contribution < -0.4 is 5.32 Å². The van der Waals surface area contributed by atoms with Crippen molar-refractivity contribution in [2.24, 2.45) is 0 Å². The minimum atomic E-state index is -4.19. The first-order valence-corrected chi connectivity index (χ1v) is 9.72. The van der Waals surface area contributed by atoms with Gasteiger partial charge in [-0.15, -0.1) is 0 Å². The molecule has 1 N–H and O–H groups in total. The van der Waals surface area contributed by atoms with Gasteiger partial charge in [0.2, 0.25) is 5.91 Å². The first-order valence-electron chi connectivity index (χ1n) is 9.72. The van der Waals surface area contributed by atoms with Crippen LogP contribution in [0.3, 0.4) is 0 Å². The SMILES string of the molecule is Cc1cc(Cn2cc3c(CC(=O)NC(C)C)nccc3n2)cnc1CCC(F)(F)F. The quantitative estimate of drug-likeness (QED) is 0.633. The van der Waals surface area contributed by atoms with E-state index in [1.165, 1.54) is 0 Å². The molecule has 0 aromatic carbocycles. The number of rotatable bonds is 7. The van der Waals surface area contributed by atoms with Crippen molar-refractivity contribution in [3.05, 3.63) is 53.2 Å². The van der Waals surface area contributed by atoms with Crippen molar-refractivity contribution in [2.45, 2.75) is 58.8 Å². The van der Waals surface area contributed by atoms with Gasteiger partial charge in [0.1, 0.15) is 0 Å². The lowest BCUT2D eigenvalue weighted by atomic mass is 10.1. The van der Waals surface area contributed by atoms with Crippen molar-refractivity contribution in [1.82, 2.24) is 25.1 Å². The number of nitrogens with zero attached hydrogens (tertiary/aromatic N) is 4. The summed E-state index contributed by atoms with van der Waals surface area (Å²) in [6.07, 6.45) is -0.0124. The van der Waals surface area contributed by atoms with Crippen molar-refractivity contribution >= 4 is 16.8 Å². The summed E-state index contributed by atoms with van der Waals surface area (Å²) < 4.78 is 39.1. The van der Waals surface area contributed by atoms with Gasteiger partial charge in [-0.25, -0.2) is 0 Å². The molecule has 0 unspecified atom stereocenters. The van der Waals surface area contributed by atoms with Crippen molar-refractivity contribution in [1.29, 1.82) is 0 Å². The zero-order valence-corrected chi connectivity index (χ0v) is 17.1. The predicted octanol–water partition coefficient (Wildman–Crippen LogP) is 3.75. The fourth-order valence-electron chi connectivity index (χ4n) is 3.25. The molecule has 0 saturated heterocycles. The summed E-state index contributed by atoms with van der Waals surface area (Å²) in [5, 5.41) is 8.17. The van der Waals surface area contributed by atoms with E-state index in [1.807, 2.05) is 26.1 Å². The number of fused-ring (bicyclic) bond motifs is 1. The number of amides is 1. The number of carbonyl (C=O) groups is 1. The Morgan fingerprint density at radius 3 is 2.67 bits per heavy atom. The third-order valence-electron chi connectivity index (χ3n) is 4.57. The number of nitrogens with one attached hydrogen (secondary N) is 1. The van der Waals surface area contributed by atoms with E-state index in [1.54, 1.807) is 30.1 Å². The lowest BCUT2D eigenvalue weighted by molar-refractivity contribution is -0.134. The molecule has 160 valence electrons. The minimum Gasteiger partial charge on any atom is -0.354 e. The van der Waals surface area contributed by atoms with Crippen LogP contribution in [0.25, 0.3) is 10.9 Å². The molecule has 6 nitrogen and oxygen atoms in total. The van der Waals surface area contributed by atoms with E-state index in [4.69, 9.17) is 0 Å². The highest BCUT2D eigenvalue weighted by molar-refractivity contribution is 5.86. The zero-order valence-electron chi connectivity index (χ0n) is 17.1. The largest absolute Gasteiger partial charge is 0.389 e. The second-order valence-electron chi connectivity index (χ2n) is 7.64. The lowest BCUT2D eigenvalue weighted by Gasteiger charge is -2.09. The highest BCUT2D eigenvalue weighted by Gasteiger charge is 2.27. The van der Waals surface area contributed by atoms with E-state index < -0.39 is 12.6 Å². The molecule has 1 amide bonds. The van der Waals surface area contributed by atoms with Crippen LogP contribution in [0.15, 0.2) is 30.7 Å². The number of aromatic nitrogens is 4. The molecular formula is C21H24F3N5O. The molecule has 3 aromatic rings. The Kier molecular flexibility index (Phi) is 6.38. The molecule has 30 heavy (non-hydrogen) atoms. The van der Waals surface area contributed by atoms with Gasteiger partial charge in [-0.1, -0.05) is 6.07 Å². The van der Waals surface area contributed by atoms with Gasteiger partial charge in [-0.2, -0.15) is 18.3 Å². The van der Waals surface area contributed by atoms with E-state index in [0.29, 0.717) is 17.9 Å². The topological polar surface area (TPSA) is 72.7 Å².